The molecule has 2 N–H and O–H groups in total. The molecular weight excluding hydrogens is 206 g/mol. The standard InChI is InChI=1S/C16H19N/c1-2-8-16(17)15-12-7-6-11-14(15)13-9-4-3-5-10-13/h3-7,9-12,16H,2,8,17H2,1H3/t16-/m0/s1. The maximum Gasteiger partial charge on any atom is 0.0300 e. The zero-order valence-electron chi connectivity index (χ0n) is 10.3. The first-order valence-electron chi connectivity index (χ1n) is 6.23. The molecule has 0 amide bonds. The molecule has 0 aliphatic rings. The molecule has 1 nitrogen and oxygen atoms in total. The molecule has 1 heteroatoms. The summed E-state index contributed by atoms with van der Waals surface area (Å²) in [6.07, 6.45) is 2.15. The number of rotatable bonds is 4. The lowest BCUT2D eigenvalue weighted by Crippen LogP contribution is -2.10. The molecule has 1 atom stereocenters. The molecule has 0 spiro atoms. The van der Waals surface area contributed by atoms with Gasteiger partial charge in [0, 0.05) is 6.04 Å². The number of hydrogen-bond acceptors (Lipinski definition) is 1. The van der Waals surface area contributed by atoms with Crippen LogP contribution in [0, 0.1) is 0 Å². The Morgan fingerprint density at radius 3 is 2.29 bits per heavy atom. The topological polar surface area (TPSA) is 26.0 Å². The van der Waals surface area contributed by atoms with Gasteiger partial charge < -0.3 is 5.73 Å². The first-order chi connectivity index (χ1) is 8.33. The molecular formula is C16H19N. The van der Waals surface area contributed by atoms with E-state index < -0.39 is 0 Å². The van der Waals surface area contributed by atoms with Crippen LogP contribution >= 0.6 is 0 Å². The molecule has 0 aromatic heterocycles. The molecule has 0 bridgehead atoms. The van der Waals surface area contributed by atoms with Gasteiger partial charge in [0.2, 0.25) is 0 Å². The summed E-state index contributed by atoms with van der Waals surface area (Å²) in [5, 5.41) is 0. The van der Waals surface area contributed by atoms with Crippen molar-refractivity contribution in [3.63, 3.8) is 0 Å². The van der Waals surface area contributed by atoms with Crippen molar-refractivity contribution in [2.24, 2.45) is 5.73 Å². The molecule has 0 radical (unpaired) electrons. The van der Waals surface area contributed by atoms with Crippen LogP contribution in [-0.2, 0) is 0 Å². The van der Waals surface area contributed by atoms with Gasteiger partial charge in [-0.2, -0.15) is 0 Å². The van der Waals surface area contributed by atoms with E-state index in [1.165, 1.54) is 16.7 Å². The number of benzene rings is 2. The van der Waals surface area contributed by atoms with Crippen LogP contribution in [0.25, 0.3) is 11.1 Å². The highest BCUT2D eigenvalue weighted by Gasteiger charge is 2.10. The lowest BCUT2D eigenvalue weighted by atomic mass is 9.93. The summed E-state index contributed by atoms with van der Waals surface area (Å²) in [5.41, 5.74) is 10.00. The van der Waals surface area contributed by atoms with Crippen molar-refractivity contribution < 1.29 is 0 Å². The van der Waals surface area contributed by atoms with Gasteiger partial charge in [-0.05, 0) is 23.1 Å². The molecule has 0 heterocycles. The summed E-state index contributed by atoms with van der Waals surface area (Å²) in [6, 6.07) is 19.0. The average molecular weight is 225 g/mol. The zero-order chi connectivity index (χ0) is 12.1. The van der Waals surface area contributed by atoms with Gasteiger partial charge in [0.25, 0.3) is 0 Å². The van der Waals surface area contributed by atoms with Crippen LogP contribution in [0.5, 0.6) is 0 Å². The summed E-state index contributed by atoms with van der Waals surface area (Å²) in [7, 11) is 0. The molecule has 2 aromatic carbocycles. The first-order valence-corrected chi connectivity index (χ1v) is 6.23. The van der Waals surface area contributed by atoms with Crippen LogP contribution in [0.2, 0.25) is 0 Å². The maximum atomic E-state index is 6.24. The van der Waals surface area contributed by atoms with Gasteiger partial charge in [0.15, 0.2) is 0 Å². The molecule has 0 aliphatic heterocycles. The Labute approximate surface area is 103 Å². The second-order valence-electron chi connectivity index (χ2n) is 4.35. The summed E-state index contributed by atoms with van der Waals surface area (Å²) in [4.78, 5) is 0. The average Bonchev–Trinajstić information content (AvgIpc) is 2.40. The minimum absolute atomic E-state index is 0.136. The molecule has 0 saturated heterocycles. The van der Waals surface area contributed by atoms with Crippen LogP contribution in [0.1, 0.15) is 31.4 Å². The molecule has 0 aliphatic carbocycles. The summed E-state index contributed by atoms with van der Waals surface area (Å²) in [5.74, 6) is 0. The van der Waals surface area contributed by atoms with E-state index in [9.17, 15) is 0 Å². The summed E-state index contributed by atoms with van der Waals surface area (Å²) < 4.78 is 0. The maximum absolute atomic E-state index is 6.24. The lowest BCUT2D eigenvalue weighted by molar-refractivity contribution is 0.640. The van der Waals surface area contributed by atoms with E-state index in [4.69, 9.17) is 5.73 Å². The molecule has 17 heavy (non-hydrogen) atoms. The normalized spacial score (nSPS) is 12.4. The van der Waals surface area contributed by atoms with Gasteiger partial charge in [-0.1, -0.05) is 67.9 Å². The Balaban J connectivity index is 2.41. The molecule has 88 valence electrons. The minimum Gasteiger partial charge on any atom is -0.324 e. The molecule has 2 aromatic rings. The minimum atomic E-state index is 0.136. The Kier molecular flexibility index (Phi) is 3.94. The van der Waals surface area contributed by atoms with Gasteiger partial charge in [-0.3, -0.25) is 0 Å². The Hall–Kier alpha value is -1.60. The van der Waals surface area contributed by atoms with Crippen LogP contribution < -0.4 is 5.73 Å². The lowest BCUT2D eigenvalue weighted by Gasteiger charge is -2.16. The van der Waals surface area contributed by atoms with Crippen molar-refractivity contribution in [1.29, 1.82) is 0 Å². The van der Waals surface area contributed by atoms with Crippen LogP contribution in [0.15, 0.2) is 54.6 Å². The third-order valence-corrected chi connectivity index (χ3v) is 3.04. The zero-order valence-corrected chi connectivity index (χ0v) is 10.3. The number of hydrogen-bond donors (Lipinski definition) is 1. The Morgan fingerprint density at radius 1 is 0.941 bits per heavy atom. The van der Waals surface area contributed by atoms with E-state index in [2.05, 4.69) is 55.5 Å². The summed E-state index contributed by atoms with van der Waals surface area (Å²) in [6.45, 7) is 2.17. The van der Waals surface area contributed by atoms with Gasteiger partial charge in [-0.25, -0.2) is 0 Å². The highest BCUT2D eigenvalue weighted by molar-refractivity contribution is 5.67. The second kappa shape index (κ2) is 5.65. The van der Waals surface area contributed by atoms with Crippen LogP contribution in [-0.4, -0.2) is 0 Å². The smallest absolute Gasteiger partial charge is 0.0300 e. The molecule has 2 rings (SSSR count). The van der Waals surface area contributed by atoms with Gasteiger partial charge >= 0.3 is 0 Å². The van der Waals surface area contributed by atoms with Gasteiger partial charge in [-0.15, -0.1) is 0 Å². The largest absolute Gasteiger partial charge is 0.324 e. The van der Waals surface area contributed by atoms with Crippen LogP contribution in [0.3, 0.4) is 0 Å². The predicted octanol–water partition coefficient (Wildman–Crippen LogP) is 4.15. The van der Waals surface area contributed by atoms with E-state index in [1.807, 2.05) is 6.07 Å². The van der Waals surface area contributed by atoms with Crippen molar-refractivity contribution in [3.05, 3.63) is 60.2 Å². The molecule has 0 unspecified atom stereocenters. The Bertz CT molecular complexity index is 462. The van der Waals surface area contributed by atoms with Gasteiger partial charge in [0.05, 0.1) is 0 Å². The second-order valence-corrected chi connectivity index (χ2v) is 4.35. The third-order valence-electron chi connectivity index (χ3n) is 3.04. The predicted molar refractivity (Wildman–Crippen MR) is 73.7 cm³/mol. The van der Waals surface area contributed by atoms with Gasteiger partial charge in [0.1, 0.15) is 0 Å². The van der Waals surface area contributed by atoms with Crippen LogP contribution in [0.4, 0.5) is 0 Å². The highest BCUT2D eigenvalue weighted by Crippen LogP contribution is 2.28. The summed E-state index contributed by atoms with van der Waals surface area (Å²) >= 11 is 0. The SMILES string of the molecule is CCC[C@H](N)c1ccccc1-c1ccccc1. The molecule has 0 saturated carbocycles. The molecule has 0 fully saturated rings. The Morgan fingerprint density at radius 2 is 1.59 bits per heavy atom. The van der Waals surface area contributed by atoms with E-state index in [0.29, 0.717) is 0 Å². The fourth-order valence-electron chi connectivity index (χ4n) is 2.17. The quantitative estimate of drug-likeness (QED) is 0.831. The van der Waals surface area contributed by atoms with Crippen molar-refractivity contribution in [2.75, 3.05) is 0 Å². The monoisotopic (exact) mass is 225 g/mol. The highest BCUT2D eigenvalue weighted by atomic mass is 14.6. The van der Waals surface area contributed by atoms with E-state index >= 15 is 0 Å². The van der Waals surface area contributed by atoms with Crippen molar-refractivity contribution in [3.8, 4) is 11.1 Å². The van der Waals surface area contributed by atoms with Crippen molar-refractivity contribution in [1.82, 2.24) is 0 Å². The fraction of sp³-hybridized carbons (Fsp3) is 0.250. The first kappa shape index (κ1) is 11.9. The third kappa shape index (κ3) is 2.75. The van der Waals surface area contributed by atoms with Crippen molar-refractivity contribution in [2.45, 2.75) is 25.8 Å². The van der Waals surface area contributed by atoms with Crippen molar-refractivity contribution >= 4 is 0 Å². The van der Waals surface area contributed by atoms with E-state index in [1.54, 1.807) is 0 Å². The van der Waals surface area contributed by atoms with E-state index in [-0.39, 0.29) is 6.04 Å². The number of nitrogens with two attached hydrogens (primary N) is 1. The fourth-order valence-corrected chi connectivity index (χ4v) is 2.17. The van der Waals surface area contributed by atoms with E-state index in [0.717, 1.165) is 12.8 Å².